The molecule has 3 heteroatoms. The highest BCUT2D eigenvalue weighted by molar-refractivity contribution is 4.69. The van der Waals surface area contributed by atoms with Crippen LogP contribution in [-0.2, 0) is 6.54 Å². The Balaban J connectivity index is 2.42. The van der Waals surface area contributed by atoms with Gasteiger partial charge in [-0.3, -0.25) is 0 Å². The van der Waals surface area contributed by atoms with E-state index < -0.39 is 0 Å². The first kappa shape index (κ1) is 11.1. The third-order valence-electron chi connectivity index (χ3n) is 2.30. The van der Waals surface area contributed by atoms with Crippen molar-refractivity contribution in [1.82, 2.24) is 4.85 Å². The molecule has 0 bridgehead atoms. The summed E-state index contributed by atoms with van der Waals surface area (Å²) in [5.74, 6) is 0. The van der Waals surface area contributed by atoms with Crippen molar-refractivity contribution >= 4 is 0 Å². The summed E-state index contributed by atoms with van der Waals surface area (Å²) in [5.41, 5.74) is 0. The van der Waals surface area contributed by atoms with E-state index in [-0.39, 0.29) is 0 Å². The van der Waals surface area contributed by atoms with Gasteiger partial charge in [0.1, 0.15) is 12.3 Å². The number of aromatic nitrogens is 2. The minimum absolute atomic E-state index is 0.292. The Bertz CT molecular complexity index is 258. The van der Waals surface area contributed by atoms with E-state index in [2.05, 4.69) is 20.8 Å². The van der Waals surface area contributed by atoms with Gasteiger partial charge in [-0.15, -0.1) is 0 Å². The lowest BCUT2D eigenvalue weighted by Gasteiger charge is -2.11. The van der Waals surface area contributed by atoms with Gasteiger partial charge in [-0.05, 0) is 26.7 Å². The normalized spacial score (nSPS) is 12.8. The standard InChI is InChI=1S/C11H21N2O/c1-4-6-8-11(3)14-13-10-7-9-12(13)5-2/h7,9-11H,4-6,8H2,1-3H3/q+1. The van der Waals surface area contributed by atoms with Gasteiger partial charge in [-0.1, -0.05) is 18.0 Å². The average molecular weight is 197 g/mol. The summed E-state index contributed by atoms with van der Waals surface area (Å²) in [5, 5.41) is 0. The molecule has 0 fully saturated rings. The average Bonchev–Trinajstić information content (AvgIpc) is 2.62. The minimum Gasteiger partial charge on any atom is -0.366 e. The van der Waals surface area contributed by atoms with Crippen molar-refractivity contribution in [2.24, 2.45) is 0 Å². The molecule has 1 unspecified atom stereocenters. The van der Waals surface area contributed by atoms with Crippen molar-refractivity contribution < 1.29 is 9.52 Å². The van der Waals surface area contributed by atoms with Gasteiger partial charge in [0.2, 0.25) is 0 Å². The minimum atomic E-state index is 0.292. The van der Waals surface area contributed by atoms with Crippen LogP contribution in [0.3, 0.4) is 0 Å². The highest BCUT2D eigenvalue weighted by atomic mass is 16.7. The predicted molar refractivity (Wildman–Crippen MR) is 55.9 cm³/mol. The Morgan fingerprint density at radius 3 is 2.86 bits per heavy atom. The van der Waals surface area contributed by atoms with E-state index in [1.165, 1.54) is 12.8 Å². The van der Waals surface area contributed by atoms with Crippen LogP contribution in [0.1, 0.15) is 40.0 Å². The van der Waals surface area contributed by atoms with Crippen LogP contribution in [0.2, 0.25) is 0 Å². The van der Waals surface area contributed by atoms with Gasteiger partial charge in [-0.25, -0.2) is 0 Å². The predicted octanol–water partition coefficient (Wildman–Crippen LogP) is 1.80. The summed E-state index contributed by atoms with van der Waals surface area (Å²) >= 11 is 0. The number of rotatable bonds is 6. The molecular weight excluding hydrogens is 176 g/mol. The molecule has 1 heterocycles. The Kier molecular flexibility index (Phi) is 4.50. The summed E-state index contributed by atoms with van der Waals surface area (Å²) < 4.78 is 2.04. The number of aryl methyl sites for hydroxylation is 1. The van der Waals surface area contributed by atoms with Crippen molar-refractivity contribution in [2.45, 2.75) is 52.7 Å². The van der Waals surface area contributed by atoms with Gasteiger partial charge >= 0.3 is 0 Å². The van der Waals surface area contributed by atoms with E-state index in [1.807, 2.05) is 28.0 Å². The Hall–Kier alpha value is -0.990. The quantitative estimate of drug-likeness (QED) is 0.636. The summed E-state index contributed by atoms with van der Waals surface area (Å²) in [7, 11) is 0. The topological polar surface area (TPSA) is 18.0 Å². The molecule has 0 aromatic carbocycles. The lowest BCUT2D eigenvalue weighted by atomic mass is 10.2. The molecule has 0 saturated heterocycles. The molecule has 3 nitrogen and oxygen atoms in total. The first-order valence-electron chi connectivity index (χ1n) is 5.52. The van der Waals surface area contributed by atoms with Crippen molar-refractivity contribution in [1.29, 1.82) is 0 Å². The largest absolute Gasteiger partial charge is 0.366 e. The molecule has 0 aliphatic rings. The number of unbranched alkanes of at least 4 members (excludes halogenated alkanes) is 1. The molecule has 0 radical (unpaired) electrons. The second kappa shape index (κ2) is 5.68. The maximum absolute atomic E-state index is 5.76. The highest BCUT2D eigenvalue weighted by Crippen LogP contribution is 2.00. The van der Waals surface area contributed by atoms with Crippen LogP contribution < -0.4 is 9.52 Å². The molecule has 0 aliphatic heterocycles. The van der Waals surface area contributed by atoms with Crippen LogP contribution in [0.25, 0.3) is 0 Å². The molecular formula is C11H21N2O+. The van der Waals surface area contributed by atoms with Crippen molar-refractivity contribution in [3.63, 3.8) is 0 Å². The van der Waals surface area contributed by atoms with Crippen LogP contribution in [0.15, 0.2) is 18.5 Å². The molecule has 0 spiro atoms. The number of hydrogen-bond acceptors (Lipinski definition) is 1. The zero-order chi connectivity index (χ0) is 10.4. The van der Waals surface area contributed by atoms with E-state index in [0.29, 0.717) is 6.10 Å². The second-order valence-electron chi connectivity index (χ2n) is 3.61. The molecule has 14 heavy (non-hydrogen) atoms. The lowest BCUT2D eigenvalue weighted by molar-refractivity contribution is -0.797. The first-order valence-corrected chi connectivity index (χ1v) is 5.52. The van der Waals surface area contributed by atoms with Crippen LogP contribution in [0.4, 0.5) is 0 Å². The van der Waals surface area contributed by atoms with Gasteiger partial charge in [0.25, 0.3) is 0 Å². The van der Waals surface area contributed by atoms with Crippen LogP contribution in [0, 0.1) is 0 Å². The molecule has 1 atom stereocenters. The third kappa shape index (κ3) is 3.05. The van der Waals surface area contributed by atoms with Gasteiger partial charge in [0, 0.05) is 10.9 Å². The fraction of sp³-hybridized carbons (Fsp3) is 0.727. The monoisotopic (exact) mass is 197 g/mol. The SMILES string of the molecule is CCCCC(C)On1ccc[n+]1CC. The van der Waals surface area contributed by atoms with Gasteiger partial charge in [-0.2, -0.15) is 0 Å². The van der Waals surface area contributed by atoms with E-state index in [1.54, 1.807) is 0 Å². The van der Waals surface area contributed by atoms with Crippen molar-refractivity contribution in [2.75, 3.05) is 0 Å². The number of nitrogens with zero attached hydrogens (tertiary/aromatic N) is 2. The maximum atomic E-state index is 5.76. The molecule has 0 N–H and O–H groups in total. The first-order chi connectivity index (χ1) is 6.77. The Labute approximate surface area is 86.2 Å². The second-order valence-corrected chi connectivity index (χ2v) is 3.61. The third-order valence-corrected chi connectivity index (χ3v) is 2.30. The van der Waals surface area contributed by atoms with E-state index in [0.717, 1.165) is 13.0 Å². The molecule has 0 amide bonds. The highest BCUT2D eigenvalue weighted by Gasteiger charge is 2.09. The summed E-state index contributed by atoms with van der Waals surface area (Å²) in [6.45, 7) is 7.37. The van der Waals surface area contributed by atoms with E-state index >= 15 is 0 Å². The van der Waals surface area contributed by atoms with Gasteiger partial charge in [0.15, 0.2) is 12.7 Å². The Morgan fingerprint density at radius 2 is 2.21 bits per heavy atom. The molecule has 80 valence electrons. The van der Waals surface area contributed by atoms with E-state index in [9.17, 15) is 0 Å². The van der Waals surface area contributed by atoms with Crippen LogP contribution >= 0.6 is 0 Å². The van der Waals surface area contributed by atoms with E-state index in [4.69, 9.17) is 4.84 Å². The molecule has 0 aliphatic carbocycles. The summed E-state index contributed by atoms with van der Waals surface area (Å²) in [6, 6.07) is 2.00. The molecule has 1 aromatic rings. The zero-order valence-electron chi connectivity index (χ0n) is 9.44. The summed E-state index contributed by atoms with van der Waals surface area (Å²) in [6.07, 6.45) is 7.85. The lowest BCUT2D eigenvalue weighted by Crippen LogP contribution is -2.46. The summed E-state index contributed by atoms with van der Waals surface area (Å²) in [4.78, 5) is 7.58. The molecule has 1 aromatic heterocycles. The fourth-order valence-electron chi connectivity index (χ4n) is 1.43. The van der Waals surface area contributed by atoms with Gasteiger partial charge in [0.05, 0.1) is 0 Å². The number of hydrogen-bond donors (Lipinski definition) is 0. The fourth-order valence-corrected chi connectivity index (χ4v) is 1.43. The molecule has 1 rings (SSSR count). The smallest absolute Gasteiger partial charge is 0.199 e. The Morgan fingerprint density at radius 1 is 1.43 bits per heavy atom. The molecule has 0 saturated carbocycles. The van der Waals surface area contributed by atoms with Gasteiger partial charge < -0.3 is 4.84 Å². The maximum Gasteiger partial charge on any atom is 0.199 e. The van der Waals surface area contributed by atoms with Crippen LogP contribution in [0.5, 0.6) is 0 Å². The zero-order valence-corrected chi connectivity index (χ0v) is 9.44. The van der Waals surface area contributed by atoms with Crippen molar-refractivity contribution in [3.05, 3.63) is 18.5 Å². The van der Waals surface area contributed by atoms with Crippen molar-refractivity contribution in [3.8, 4) is 0 Å². The van der Waals surface area contributed by atoms with Crippen LogP contribution in [-0.4, -0.2) is 10.9 Å².